The van der Waals surface area contributed by atoms with Crippen LogP contribution in [0.15, 0.2) is 53.4 Å². The summed E-state index contributed by atoms with van der Waals surface area (Å²) < 4.78 is 31.0. The minimum absolute atomic E-state index is 0.168. The highest BCUT2D eigenvalue weighted by molar-refractivity contribution is 7.89. The number of carbonyl (C=O) groups is 1. The molecule has 1 N–H and O–H groups in total. The molecule has 2 aromatic carbocycles. The van der Waals surface area contributed by atoms with Gasteiger partial charge in [-0.25, -0.2) is 12.7 Å². The molecular weight excluding hydrogens is 352 g/mol. The Labute approximate surface area is 154 Å². The highest BCUT2D eigenvalue weighted by Crippen LogP contribution is 2.21. The Bertz CT molecular complexity index is 859. The van der Waals surface area contributed by atoms with E-state index in [1.165, 1.54) is 26.2 Å². The molecule has 0 aromatic heterocycles. The first-order valence-corrected chi connectivity index (χ1v) is 9.71. The van der Waals surface area contributed by atoms with E-state index >= 15 is 0 Å². The van der Waals surface area contributed by atoms with Crippen LogP contribution in [-0.2, 0) is 10.0 Å². The van der Waals surface area contributed by atoms with Gasteiger partial charge in [-0.3, -0.25) is 4.79 Å². The maximum absolute atomic E-state index is 12.6. The zero-order chi connectivity index (χ0) is 19.3. The molecule has 0 saturated carbocycles. The Balaban J connectivity index is 2.16. The number of nitrogens with zero attached hydrogens (tertiary/aromatic N) is 1. The topological polar surface area (TPSA) is 75.7 Å². The van der Waals surface area contributed by atoms with Crippen molar-refractivity contribution in [3.8, 4) is 5.75 Å². The first-order valence-electron chi connectivity index (χ1n) is 8.27. The van der Waals surface area contributed by atoms with Gasteiger partial charge in [-0.15, -0.1) is 0 Å². The number of para-hydroxylation sites is 1. The van der Waals surface area contributed by atoms with Crippen LogP contribution in [-0.4, -0.2) is 39.3 Å². The minimum atomic E-state index is -3.50. The summed E-state index contributed by atoms with van der Waals surface area (Å²) in [5.74, 6) is 0.551. The number of amides is 1. The molecule has 2 rings (SSSR count). The van der Waals surface area contributed by atoms with Gasteiger partial charge in [0.2, 0.25) is 10.0 Å². The Morgan fingerprint density at radius 3 is 2.27 bits per heavy atom. The van der Waals surface area contributed by atoms with Crippen LogP contribution in [0.4, 0.5) is 5.69 Å². The Morgan fingerprint density at radius 2 is 1.69 bits per heavy atom. The second-order valence-corrected chi connectivity index (χ2v) is 8.62. The number of rotatable bonds is 7. The minimum Gasteiger partial charge on any atom is -0.492 e. The van der Waals surface area contributed by atoms with Crippen LogP contribution < -0.4 is 10.1 Å². The van der Waals surface area contributed by atoms with E-state index in [1.807, 2.05) is 19.9 Å². The van der Waals surface area contributed by atoms with Gasteiger partial charge in [0.1, 0.15) is 5.75 Å². The van der Waals surface area contributed by atoms with Crippen LogP contribution in [0.1, 0.15) is 24.2 Å². The predicted octanol–water partition coefficient (Wildman–Crippen LogP) is 3.22. The molecule has 0 fully saturated rings. The van der Waals surface area contributed by atoms with E-state index in [4.69, 9.17) is 4.74 Å². The molecule has 140 valence electrons. The third kappa shape index (κ3) is 4.83. The molecule has 0 spiro atoms. The number of hydrogen-bond donors (Lipinski definition) is 1. The molecule has 0 bridgehead atoms. The van der Waals surface area contributed by atoms with Crippen molar-refractivity contribution < 1.29 is 17.9 Å². The van der Waals surface area contributed by atoms with Gasteiger partial charge in [-0.05, 0) is 42.3 Å². The average Bonchev–Trinajstić information content (AvgIpc) is 2.60. The van der Waals surface area contributed by atoms with Crippen LogP contribution in [0.5, 0.6) is 5.75 Å². The fraction of sp³-hybridized carbons (Fsp3) is 0.316. The lowest BCUT2D eigenvalue weighted by Gasteiger charge is -2.14. The summed E-state index contributed by atoms with van der Waals surface area (Å²) in [7, 11) is -0.553. The van der Waals surface area contributed by atoms with Crippen LogP contribution in [0.2, 0.25) is 0 Å². The third-order valence-electron chi connectivity index (χ3n) is 3.59. The Morgan fingerprint density at radius 1 is 1.08 bits per heavy atom. The molecule has 0 saturated heterocycles. The zero-order valence-corrected chi connectivity index (χ0v) is 16.2. The summed E-state index contributed by atoms with van der Waals surface area (Å²) in [6.07, 6.45) is 0. The summed E-state index contributed by atoms with van der Waals surface area (Å²) in [5.41, 5.74) is 0.935. The van der Waals surface area contributed by atoms with Crippen molar-refractivity contribution in [3.05, 3.63) is 54.1 Å². The van der Waals surface area contributed by atoms with Gasteiger partial charge in [0, 0.05) is 19.8 Å². The molecule has 7 heteroatoms. The molecule has 0 aliphatic heterocycles. The van der Waals surface area contributed by atoms with Gasteiger partial charge in [0.05, 0.1) is 17.1 Å². The number of benzene rings is 2. The van der Waals surface area contributed by atoms with Gasteiger partial charge in [-0.1, -0.05) is 26.0 Å². The number of hydrogen-bond acceptors (Lipinski definition) is 4. The largest absolute Gasteiger partial charge is 0.492 e. The maximum Gasteiger partial charge on any atom is 0.259 e. The molecule has 0 radical (unpaired) electrons. The number of sulfonamides is 1. The van der Waals surface area contributed by atoms with Crippen LogP contribution in [0.25, 0.3) is 0 Å². The van der Waals surface area contributed by atoms with Crippen molar-refractivity contribution in [2.75, 3.05) is 26.0 Å². The van der Waals surface area contributed by atoms with E-state index in [9.17, 15) is 13.2 Å². The van der Waals surface area contributed by atoms with Crippen molar-refractivity contribution in [2.45, 2.75) is 18.7 Å². The molecule has 6 nitrogen and oxygen atoms in total. The van der Waals surface area contributed by atoms with E-state index in [0.717, 1.165) is 4.31 Å². The molecule has 2 aromatic rings. The van der Waals surface area contributed by atoms with E-state index in [0.29, 0.717) is 29.5 Å². The number of carbonyl (C=O) groups excluding carboxylic acids is 1. The molecule has 0 aliphatic rings. The highest BCUT2D eigenvalue weighted by atomic mass is 32.2. The fourth-order valence-electron chi connectivity index (χ4n) is 2.16. The second-order valence-electron chi connectivity index (χ2n) is 6.47. The monoisotopic (exact) mass is 376 g/mol. The number of nitrogens with one attached hydrogen (secondary N) is 1. The average molecular weight is 376 g/mol. The van der Waals surface area contributed by atoms with Gasteiger partial charge < -0.3 is 10.1 Å². The highest BCUT2D eigenvalue weighted by Gasteiger charge is 2.17. The number of ether oxygens (including phenoxy) is 1. The van der Waals surface area contributed by atoms with Crippen molar-refractivity contribution >= 4 is 21.6 Å². The van der Waals surface area contributed by atoms with E-state index in [-0.39, 0.29) is 10.8 Å². The lowest BCUT2D eigenvalue weighted by molar-refractivity contribution is 0.102. The number of anilines is 1. The third-order valence-corrected chi connectivity index (χ3v) is 5.42. The SMILES string of the molecule is CC(C)COc1ccccc1C(=O)Nc1ccc(S(=O)(=O)N(C)C)cc1. The molecular formula is C19H24N2O4S. The molecule has 1 amide bonds. The normalized spacial score (nSPS) is 11.6. The maximum atomic E-state index is 12.6. The summed E-state index contributed by atoms with van der Waals surface area (Å²) in [6.45, 7) is 4.58. The Hall–Kier alpha value is -2.38. The van der Waals surface area contributed by atoms with Crippen LogP contribution >= 0.6 is 0 Å². The summed E-state index contributed by atoms with van der Waals surface area (Å²) in [5, 5.41) is 2.77. The summed E-state index contributed by atoms with van der Waals surface area (Å²) in [4.78, 5) is 12.7. The van der Waals surface area contributed by atoms with Gasteiger partial charge in [-0.2, -0.15) is 0 Å². The van der Waals surface area contributed by atoms with Crippen molar-refractivity contribution in [3.63, 3.8) is 0 Å². The van der Waals surface area contributed by atoms with Crippen molar-refractivity contribution in [1.29, 1.82) is 0 Å². The zero-order valence-electron chi connectivity index (χ0n) is 15.4. The Kier molecular flexibility index (Phi) is 6.39. The lowest BCUT2D eigenvalue weighted by Crippen LogP contribution is -2.22. The first-order chi connectivity index (χ1) is 12.2. The van der Waals surface area contributed by atoms with Crippen molar-refractivity contribution in [2.24, 2.45) is 5.92 Å². The molecule has 26 heavy (non-hydrogen) atoms. The summed E-state index contributed by atoms with van der Waals surface area (Å²) >= 11 is 0. The van der Waals surface area contributed by atoms with E-state index < -0.39 is 10.0 Å². The molecule has 0 atom stereocenters. The van der Waals surface area contributed by atoms with Gasteiger partial charge in [0.15, 0.2) is 0 Å². The standard InChI is InChI=1S/C19H24N2O4S/c1-14(2)13-25-18-8-6-5-7-17(18)19(22)20-15-9-11-16(12-10-15)26(23,24)21(3)4/h5-12,14H,13H2,1-4H3,(H,20,22). The van der Waals surface area contributed by atoms with Gasteiger partial charge in [0.25, 0.3) is 5.91 Å². The second kappa shape index (κ2) is 8.33. The smallest absolute Gasteiger partial charge is 0.259 e. The van der Waals surface area contributed by atoms with E-state index in [2.05, 4.69) is 5.32 Å². The lowest BCUT2D eigenvalue weighted by atomic mass is 10.1. The summed E-state index contributed by atoms with van der Waals surface area (Å²) in [6, 6.07) is 13.1. The van der Waals surface area contributed by atoms with Crippen LogP contribution in [0, 0.1) is 5.92 Å². The quantitative estimate of drug-likeness (QED) is 0.805. The fourth-order valence-corrected chi connectivity index (χ4v) is 3.06. The van der Waals surface area contributed by atoms with Crippen LogP contribution in [0.3, 0.4) is 0 Å². The first kappa shape index (κ1) is 19.9. The van der Waals surface area contributed by atoms with Crippen molar-refractivity contribution in [1.82, 2.24) is 4.31 Å². The van der Waals surface area contributed by atoms with E-state index in [1.54, 1.807) is 30.3 Å². The molecule has 0 aliphatic carbocycles. The molecule has 0 heterocycles. The van der Waals surface area contributed by atoms with Gasteiger partial charge >= 0.3 is 0 Å². The predicted molar refractivity (Wildman–Crippen MR) is 102 cm³/mol. The molecule has 0 unspecified atom stereocenters.